The van der Waals surface area contributed by atoms with Gasteiger partial charge in [-0.05, 0) is 67.1 Å². The fraction of sp³-hybridized carbons (Fsp3) is 0.294. The third kappa shape index (κ3) is 7.26. The summed E-state index contributed by atoms with van der Waals surface area (Å²) >= 11 is 0. The molecular weight excluding hydrogens is 551 g/mol. The van der Waals surface area contributed by atoms with E-state index in [-0.39, 0.29) is 41.2 Å². The number of H-pyrrole nitrogens is 1. The molecule has 0 aliphatic carbocycles. The van der Waals surface area contributed by atoms with Gasteiger partial charge in [0.15, 0.2) is 5.82 Å². The normalized spacial score (nSPS) is 11.0. The maximum atomic E-state index is 14.0. The van der Waals surface area contributed by atoms with E-state index in [1.807, 2.05) is 79.7 Å². The molecule has 0 unspecified atom stereocenters. The molecule has 9 heteroatoms. The van der Waals surface area contributed by atoms with Crippen LogP contribution in [0.25, 0.3) is 28.2 Å². The van der Waals surface area contributed by atoms with Crippen LogP contribution in [0.5, 0.6) is 5.75 Å². The maximum absolute atomic E-state index is 14.0. The molecule has 5 rings (SSSR count). The van der Waals surface area contributed by atoms with E-state index in [0.29, 0.717) is 23.6 Å². The zero-order valence-electron chi connectivity index (χ0n) is 24.5. The number of hydrogen-bond acceptors (Lipinski definition) is 6. The van der Waals surface area contributed by atoms with E-state index in [1.54, 1.807) is 4.57 Å². The van der Waals surface area contributed by atoms with Gasteiger partial charge in [0.05, 0.1) is 17.5 Å². The summed E-state index contributed by atoms with van der Waals surface area (Å²) in [5.41, 5.74) is 5.91. The third-order valence-electron chi connectivity index (χ3n) is 7.49. The van der Waals surface area contributed by atoms with Crippen LogP contribution in [0.15, 0.2) is 86.9 Å². The van der Waals surface area contributed by atoms with Gasteiger partial charge in [0, 0.05) is 17.5 Å². The molecule has 0 aliphatic heterocycles. The van der Waals surface area contributed by atoms with Crippen molar-refractivity contribution in [1.82, 2.24) is 19.7 Å². The standard InChI is InChI=1S/C34H36N4O4.Na.H/c1-5-10-31-30(33(39)38(22(4)35-31)25-17-19-27(20-18-25)41-26(6-2)7-3)21-23-13-15-24(16-14-23)28-11-8-9-12-29(28)32-36-34(40)42-37-32;;/h8-9,11-20,26H,5-7,10,21H2,1-4H3,(H,36,37,40);;. The van der Waals surface area contributed by atoms with Crippen molar-refractivity contribution in [3.05, 3.63) is 116 Å². The predicted molar refractivity (Wildman–Crippen MR) is 172 cm³/mol. The molecule has 0 radical (unpaired) electrons. The Kier molecular flexibility index (Phi) is 11.0. The number of nitrogens with one attached hydrogen (secondary N) is 1. The van der Waals surface area contributed by atoms with E-state index in [9.17, 15) is 9.59 Å². The summed E-state index contributed by atoms with van der Waals surface area (Å²) in [6.45, 7) is 8.21. The van der Waals surface area contributed by atoms with Gasteiger partial charge in [-0.15, -0.1) is 0 Å². The van der Waals surface area contributed by atoms with Crippen LogP contribution in [-0.2, 0) is 12.8 Å². The molecule has 1 N–H and O–H groups in total. The van der Waals surface area contributed by atoms with Crippen molar-refractivity contribution in [3.8, 4) is 34.0 Å². The zero-order valence-corrected chi connectivity index (χ0v) is 24.5. The van der Waals surface area contributed by atoms with Crippen LogP contribution in [0, 0.1) is 6.92 Å². The third-order valence-corrected chi connectivity index (χ3v) is 7.49. The molecule has 2 heterocycles. The Morgan fingerprint density at radius 1 is 0.907 bits per heavy atom. The van der Waals surface area contributed by atoms with Gasteiger partial charge < -0.3 is 4.74 Å². The second-order valence-electron chi connectivity index (χ2n) is 10.4. The molecule has 2 aromatic heterocycles. The average molecular weight is 589 g/mol. The molecule has 0 spiro atoms. The molecule has 3 aromatic carbocycles. The van der Waals surface area contributed by atoms with Crippen molar-refractivity contribution in [3.63, 3.8) is 0 Å². The first-order valence-corrected chi connectivity index (χ1v) is 14.5. The molecule has 0 amide bonds. The van der Waals surface area contributed by atoms with Gasteiger partial charge in [-0.1, -0.05) is 80.9 Å². The SMILES string of the molecule is CCCc1nc(C)n(-c2ccc(OC(CC)CC)cc2)c(=O)c1Cc1ccc(-c2ccccc2-c2noc(=O)[nH]2)cc1.[NaH]. The van der Waals surface area contributed by atoms with E-state index < -0.39 is 5.76 Å². The molecule has 218 valence electrons. The number of nitrogens with zero attached hydrogens (tertiary/aromatic N) is 3. The van der Waals surface area contributed by atoms with Crippen LogP contribution in [0.1, 0.15) is 62.7 Å². The van der Waals surface area contributed by atoms with Crippen molar-refractivity contribution in [2.75, 3.05) is 0 Å². The Bertz CT molecular complexity index is 1770. The van der Waals surface area contributed by atoms with Gasteiger partial charge in [-0.3, -0.25) is 18.9 Å². The topological polar surface area (TPSA) is 103 Å². The number of aryl methyl sites for hydroxylation is 2. The Morgan fingerprint density at radius 2 is 1.58 bits per heavy atom. The second kappa shape index (κ2) is 14.6. The summed E-state index contributed by atoms with van der Waals surface area (Å²) < 4.78 is 12.5. The first-order valence-electron chi connectivity index (χ1n) is 14.5. The molecule has 8 nitrogen and oxygen atoms in total. The number of benzene rings is 3. The summed E-state index contributed by atoms with van der Waals surface area (Å²) in [6.07, 6.45) is 4.15. The number of aromatic nitrogens is 4. The van der Waals surface area contributed by atoms with Crippen molar-refractivity contribution in [2.45, 2.75) is 65.9 Å². The summed E-state index contributed by atoms with van der Waals surface area (Å²) in [5.74, 6) is 1.25. The zero-order chi connectivity index (χ0) is 29.6. The van der Waals surface area contributed by atoms with Crippen molar-refractivity contribution in [1.29, 1.82) is 0 Å². The Labute approximate surface area is 273 Å². The average Bonchev–Trinajstić information content (AvgIpc) is 3.45. The van der Waals surface area contributed by atoms with Crippen LogP contribution >= 0.6 is 0 Å². The van der Waals surface area contributed by atoms with E-state index >= 15 is 0 Å². The van der Waals surface area contributed by atoms with E-state index in [4.69, 9.17) is 14.2 Å². The van der Waals surface area contributed by atoms with Crippen molar-refractivity contribution >= 4 is 29.6 Å². The first kappa shape index (κ1) is 32.2. The van der Waals surface area contributed by atoms with Crippen molar-refractivity contribution in [2.24, 2.45) is 0 Å². The summed E-state index contributed by atoms with van der Waals surface area (Å²) in [4.78, 5) is 33.0. The molecule has 0 saturated carbocycles. The van der Waals surface area contributed by atoms with Crippen LogP contribution in [-0.4, -0.2) is 55.4 Å². The van der Waals surface area contributed by atoms with Gasteiger partial charge in [-0.2, -0.15) is 0 Å². The van der Waals surface area contributed by atoms with Gasteiger partial charge in [-0.25, -0.2) is 9.78 Å². The molecule has 0 atom stereocenters. The van der Waals surface area contributed by atoms with E-state index in [2.05, 4.69) is 30.9 Å². The molecule has 43 heavy (non-hydrogen) atoms. The Hall–Kier alpha value is -3.72. The Morgan fingerprint density at radius 3 is 2.19 bits per heavy atom. The van der Waals surface area contributed by atoms with Gasteiger partial charge in [0.1, 0.15) is 11.6 Å². The molecule has 0 fully saturated rings. The molecule has 5 aromatic rings. The second-order valence-corrected chi connectivity index (χ2v) is 10.4. The van der Waals surface area contributed by atoms with Crippen LogP contribution in [0.2, 0.25) is 0 Å². The van der Waals surface area contributed by atoms with E-state index in [1.165, 1.54) is 0 Å². The number of hydrogen-bond donors (Lipinski definition) is 1. The number of rotatable bonds is 11. The minimum absolute atomic E-state index is 0. The van der Waals surface area contributed by atoms with Gasteiger partial charge in [0.2, 0.25) is 0 Å². The monoisotopic (exact) mass is 588 g/mol. The molecule has 0 bridgehead atoms. The quantitative estimate of drug-likeness (QED) is 0.190. The fourth-order valence-corrected chi connectivity index (χ4v) is 5.26. The van der Waals surface area contributed by atoms with Crippen LogP contribution < -0.4 is 16.1 Å². The fourth-order valence-electron chi connectivity index (χ4n) is 5.26. The Balaban J connectivity index is 0.00000423. The van der Waals surface area contributed by atoms with Gasteiger partial charge >= 0.3 is 35.3 Å². The minimum atomic E-state index is -0.596. The first-order chi connectivity index (χ1) is 20.4. The van der Waals surface area contributed by atoms with E-state index in [0.717, 1.165) is 65.1 Å². The summed E-state index contributed by atoms with van der Waals surface area (Å²) in [6, 6.07) is 23.5. The summed E-state index contributed by atoms with van der Waals surface area (Å²) in [5, 5.41) is 3.85. The van der Waals surface area contributed by atoms with Crippen LogP contribution in [0.4, 0.5) is 0 Å². The predicted octanol–water partition coefficient (Wildman–Crippen LogP) is 6.01. The molecular formula is C34H37N4NaO4. The number of ether oxygens (including phenoxy) is 1. The van der Waals surface area contributed by atoms with Crippen LogP contribution in [0.3, 0.4) is 0 Å². The van der Waals surface area contributed by atoms with Gasteiger partial charge in [0.25, 0.3) is 5.56 Å². The van der Waals surface area contributed by atoms with Crippen molar-refractivity contribution < 1.29 is 9.26 Å². The molecule has 0 aliphatic rings. The molecule has 0 saturated heterocycles. The summed E-state index contributed by atoms with van der Waals surface area (Å²) in [7, 11) is 0. The number of aromatic amines is 1.